The summed E-state index contributed by atoms with van der Waals surface area (Å²) >= 11 is 0. The highest BCUT2D eigenvalue weighted by Gasteiger charge is 2.61. The summed E-state index contributed by atoms with van der Waals surface area (Å²) in [7, 11) is 0. The van der Waals surface area contributed by atoms with Gasteiger partial charge in [0.1, 0.15) is 22.8 Å². The predicted octanol–water partition coefficient (Wildman–Crippen LogP) is 1.20. The van der Waals surface area contributed by atoms with Crippen molar-refractivity contribution in [2.75, 3.05) is 6.61 Å². The molecule has 37 heavy (non-hydrogen) atoms. The third-order valence-corrected chi connectivity index (χ3v) is 5.37. The van der Waals surface area contributed by atoms with Crippen molar-refractivity contribution in [2.45, 2.75) is 72.1 Å². The molecule has 2 aliphatic rings. The fourth-order valence-electron chi connectivity index (χ4n) is 4.27. The molecule has 13 nitrogen and oxygen atoms in total. The summed E-state index contributed by atoms with van der Waals surface area (Å²) in [5.74, 6) is -6.70. The van der Waals surface area contributed by atoms with Gasteiger partial charge in [-0.25, -0.2) is 0 Å². The molecule has 4 atom stereocenters. The van der Waals surface area contributed by atoms with Gasteiger partial charge in [-0.15, -0.1) is 0 Å². The summed E-state index contributed by atoms with van der Waals surface area (Å²) in [6, 6.07) is 1.19. The van der Waals surface area contributed by atoms with E-state index in [9.17, 15) is 28.8 Å². The van der Waals surface area contributed by atoms with Crippen LogP contribution in [-0.2, 0) is 49.3 Å². The number of Topliss-reactive ketones (excluding diaryl/α,β-unsaturated/α-hetero) is 1. The van der Waals surface area contributed by atoms with E-state index >= 15 is 0 Å². The molecule has 200 valence electrons. The minimum absolute atomic E-state index is 0.100. The lowest BCUT2D eigenvalue weighted by Gasteiger charge is -2.45. The average molecular weight is 522 g/mol. The van der Waals surface area contributed by atoms with Gasteiger partial charge in [0.25, 0.3) is 5.79 Å². The van der Waals surface area contributed by atoms with Crippen LogP contribution in [0.15, 0.2) is 6.07 Å². The molecule has 2 heterocycles. The van der Waals surface area contributed by atoms with Crippen molar-refractivity contribution in [1.29, 1.82) is 0 Å². The van der Waals surface area contributed by atoms with Crippen molar-refractivity contribution < 1.29 is 61.9 Å². The molecule has 0 saturated carbocycles. The zero-order chi connectivity index (χ0) is 27.7. The van der Waals surface area contributed by atoms with Gasteiger partial charge >= 0.3 is 29.8 Å². The Morgan fingerprint density at radius 2 is 1.35 bits per heavy atom. The summed E-state index contributed by atoms with van der Waals surface area (Å²) in [5.41, 5.74) is 0.00950. The van der Waals surface area contributed by atoms with Gasteiger partial charge in [0.15, 0.2) is 18.0 Å². The smallest absolute Gasteiger partial charge is 0.308 e. The van der Waals surface area contributed by atoms with Crippen LogP contribution < -0.4 is 14.2 Å². The number of carbonyl (C=O) groups excluding carboxylic acids is 6. The molecule has 1 aromatic carbocycles. The lowest BCUT2D eigenvalue weighted by molar-refractivity contribution is -0.307. The number of carbonyl (C=O) groups is 6. The van der Waals surface area contributed by atoms with Crippen LogP contribution in [0.5, 0.6) is 17.2 Å². The maximum absolute atomic E-state index is 12.6. The molecule has 0 N–H and O–H groups in total. The highest BCUT2D eigenvalue weighted by Crippen LogP contribution is 2.51. The van der Waals surface area contributed by atoms with Crippen molar-refractivity contribution >= 4 is 35.6 Å². The monoisotopic (exact) mass is 522 g/mol. The topological polar surface area (TPSA) is 167 Å². The van der Waals surface area contributed by atoms with Crippen molar-refractivity contribution in [3.8, 4) is 17.2 Å². The molecule has 1 fully saturated rings. The average Bonchev–Trinajstić information content (AvgIpc) is 3.11. The molecule has 0 aliphatic carbocycles. The maximum atomic E-state index is 12.6. The van der Waals surface area contributed by atoms with Crippen molar-refractivity contribution in [2.24, 2.45) is 0 Å². The number of ether oxygens (including phenoxy) is 7. The van der Waals surface area contributed by atoms with Gasteiger partial charge in [0.05, 0.1) is 6.61 Å². The second kappa shape index (κ2) is 10.5. The number of rotatable bonds is 6. The van der Waals surface area contributed by atoms with Crippen LogP contribution in [0.1, 0.15) is 57.5 Å². The van der Waals surface area contributed by atoms with E-state index in [0.29, 0.717) is 0 Å². The van der Waals surface area contributed by atoms with Crippen LogP contribution in [0.2, 0.25) is 0 Å². The second-order valence-corrected chi connectivity index (χ2v) is 8.45. The third-order valence-electron chi connectivity index (χ3n) is 5.37. The van der Waals surface area contributed by atoms with Crippen LogP contribution in [0.4, 0.5) is 0 Å². The number of ketones is 1. The number of fused-ring (bicyclic) bond motifs is 1. The van der Waals surface area contributed by atoms with Crippen LogP contribution in [0.25, 0.3) is 0 Å². The van der Waals surface area contributed by atoms with Crippen LogP contribution >= 0.6 is 0 Å². The summed E-state index contributed by atoms with van der Waals surface area (Å²) in [6.07, 6.45) is -4.28. The summed E-state index contributed by atoms with van der Waals surface area (Å²) in [5, 5.41) is 0. The molecule has 0 unspecified atom stereocenters. The Labute approximate surface area is 211 Å². The summed E-state index contributed by atoms with van der Waals surface area (Å²) < 4.78 is 38.6. The standard InChI is InChI=1S/C24H26O13/c1-10(25)20-18(33-12(3)27)7-17(32-11(2)26)16-8-24(37-21(16)20)23(36-15(6)30)22(35-14(5)29)19(9-31-24)34-13(4)28/h7,19,22-23H,8-9H2,1-6H3/t19-,22+,23+,24-/m1/s1. The van der Waals surface area contributed by atoms with E-state index in [2.05, 4.69) is 0 Å². The molecule has 3 rings (SSSR count). The SMILES string of the molecule is CC(=O)Oc1cc(OC(C)=O)c(C(C)=O)c2c1C[C@@]1(OC[C@@H](OC(C)=O)[C@H](OC(C)=O)[C@@H]1OC(C)=O)O2. The van der Waals surface area contributed by atoms with Crippen LogP contribution in [0.3, 0.4) is 0 Å². The van der Waals surface area contributed by atoms with Gasteiger partial charge in [0.2, 0.25) is 6.10 Å². The molecule has 0 bridgehead atoms. The summed E-state index contributed by atoms with van der Waals surface area (Å²) in [6.45, 7) is 6.45. The van der Waals surface area contributed by atoms with Crippen molar-refractivity contribution in [1.82, 2.24) is 0 Å². The minimum atomic E-state index is -1.90. The van der Waals surface area contributed by atoms with E-state index in [1.807, 2.05) is 0 Å². The largest absolute Gasteiger partial charge is 0.456 e. The first kappa shape index (κ1) is 27.6. The zero-order valence-electron chi connectivity index (χ0n) is 21.0. The Bertz CT molecular complexity index is 1170. The molecule has 1 aromatic rings. The Balaban J connectivity index is 2.20. The second-order valence-electron chi connectivity index (χ2n) is 8.45. The highest BCUT2D eigenvalue weighted by atomic mass is 16.7. The Morgan fingerprint density at radius 3 is 1.86 bits per heavy atom. The first-order valence-corrected chi connectivity index (χ1v) is 11.2. The van der Waals surface area contributed by atoms with Crippen LogP contribution in [-0.4, -0.2) is 66.3 Å². The van der Waals surface area contributed by atoms with Crippen LogP contribution in [0, 0.1) is 0 Å². The Morgan fingerprint density at radius 1 is 0.784 bits per heavy atom. The Hall–Kier alpha value is -4.00. The molecule has 2 aliphatic heterocycles. The van der Waals surface area contributed by atoms with E-state index in [1.165, 1.54) is 13.0 Å². The van der Waals surface area contributed by atoms with Gasteiger partial charge in [0, 0.05) is 52.7 Å². The molecule has 0 aromatic heterocycles. The molecular weight excluding hydrogens is 496 g/mol. The molecule has 13 heteroatoms. The van der Waals surface area contributed by atoms with Crippen molar-refractivity contribution in [3.63, 3.8) is 0 Å². The normalized spacial score (nSPS) is 23.8. The third kappa shape index (κ3) is 5.88. The van der Waals surface area contributed by atoms with Gasteiger partial charge in [-0.05, 0) is 6.92 Å². The molecular formula is C24H26O13. The molecule has 0 radical (unpaired) electrons. The molecule has 1 spiro atoms. The fraction of sp³-hybridized carbons (Fsp3) is 0.500. The van der Waals surface area contributed by atoms with E-state index in [0.717, 1.165) is 34.6 Å². The molecule has 1 saturated heterocycles. The van der Waals surface area contributed by atoms with E-state index in [1.54, 1.807) is 0 Å². The first-order chi connectivity index (χ1) is 17.2. The maximum Gasteiger partial charge on any atom is 0.308 e. The highest BCUT2D eigenvalue weighted by molar-refractivity contribution is 6.01. The zero-order valence-corrected chi connectivity index (χ0v) is 21.0. The Kier molecular flexibility index (Phi) is 7.86. The summed E-state index contributed by atoms with van der Waals surface area (Å²) in [4.78, 5) is 71.8. The number of hydrogen-bond acceptors (Lipinski definition) is 13. The number of benzene rings is 1. The van der Waals surface area contributed by atoms with Gasteiger partial charge in [-0.2, -0.15) is 0 Å². The van der Waals surface area contributed by atoms with E-state index in [4.69, 9.17) is 33.2 Å². The van der Waals surface area contributed by atoms with Gasteiger partial charge in [-0.1, -0.05) is 0 Å². The quantitative estimate of drug-likeness (QED) is 0.226. The predicted molar refractivity (Wildman–Crippen MR) is 119 cm³/mol. The fourth-order valence-corrected chi connectivity index (χ4v) is 4.27. The van der Waals surface area contributed by atoms with E-state index in [-0.39, 0.29) is 41.4 Å². The minimum Gasteiger partial charge on any atom is -0.456 e. The first-order valence-electron chi connectivity index (χ1n) is 11.2. The van der Waals surface area contributed by atoms with Gasteiger partial charge in [-0.3, -0.25) is 28.8 Å². The lowest BCUT2D eigenvalue weighted by atomic mass is 9.91. The number of esters is 5. The van der Waals surface area contributed by atoms with Gasteiger partial charge < -0.3 is 33.2 Å². The van der Waals surface area contributed by atoms with Crippen molar-refractivity contribution in [3.05, 3.63) is 17.2 Å². The van der Waals surface area contributed by atoms with E-state index < -0.39 is 59.7 Å². The number of hydrogen-bond donors (Lipinski definition) is 0. The molecule has 0 amide bonds. The lowest BCUT2D eigenvalue weighted by Crippen LogP contribution is -2.66.